The fourth-order valence-electron chi connectivity index (χ4n) is 1.72. The maximum absolute atomic E-state index is 12.7. The molecule has 0 saturated heterocycles. The van der Waals surface area contributed by atoms with Crippen LogP contribution in [0, 0.1) is 0 Å². The monoisotopic (exact) mass is 322 g/mol. The maximum Gasteiger partial charge on any atom is 0.573 e. The Morgan fingerprint density at radius 3 is 2.14 bits per heavy atom. The molecule has 0 radical (unpaired) electrons. The van der Waals surface area contributed by atoms with Gasteiger partial charge in [-0.1, -0.05) is 12.1 Å². The summed E-state index contributed by atoms with van der Waals surface area (Å²) in [5, 5.41) is 0. The van der Waals surface area contributed by atoms with E-state index >= 15 is 0 Å². The minimum atomic E-state index is -4.99. The number of benzene rings is 1. The second kappa shape index (κ2) is 5.39. The highest BCUT2D eigenvalue weighted by Gasteiger charge is 2.35. The SMILES string of the molecule is Nc1ccc(C(F)(F)F)nc1-c1ccccc1OC(F)(F)F. The van der Waals surface area contributed by atoms with E-state index in [2.05, 4.69) is 9.72 Å². The Morgan fingerprint density at radius 2 is 1.55 bits per heavy atom. The van der Waals surface area contributed by atoms with E-state index < -0.39 is 29.7 Å². The molecule has 1 aromatic carbocycles. The van der Waals surface area contributed by atoms with Crippen LogP contribution in [0.1, 0.15) is 5.69 Å². The van der Waals surface area contributed by atoms with E-state index in [1.165, 1.54) is 12.1 Å². The summed E-state index contributed by atoms with van der Waals surface area (Å²) in [5.74, 6) is -0.687. The molecule has 0 aliphatic carbocycles. The first kappa shape index (κ1) is 15.9. The van der Waals surface area contributed by atoms with Crippen LogP contribution in [-0.4, -0.2) is 11.3 Å². The molecule has 2 aromatic rings. The summed E-state index contributed by atoms with van der Waals surface area (Å²) in [7, 11) is 0. The van der Waals surface area contributed by atoms with Crippen molar-refractivity contribution in [3.63, 3.8) is 0 Å². The number of ether oxygens (including phenoxy) is 1. The molecule has 0 aliphatic rings. The lowest BCUT2D eigenvalue weighted by Gasteiger charge is -2.15. The van der Waals surface area contributed by atoms with Crippen LogP contribution in [0.2, 0.25) is 0 Å². The standard InChI is InChI=1S/C13H8F6N2O/c14-12(15,16)10-6-5-8(20)11(21-10)7-3-1-2-4-9(7)22-13(17,18)19/h1-6H,20H2. The third-order valence-corrected chi connectivity index (χ3v) is 2.58. The van der Waals surface area contributed by atoms with Gasteiger partial charge in [0, 0.05) is 5.56 Å². The van der Waals surface area contributed by atoms with Crippen LogP contribution < -0.4 is 10.5 Å². The Kier molecular flexibility index (Phi) is 3.90. The van der Waals surface area contributed by atoms with Crippen LogP contribution in [0.5, 0.6) is 5.75 Å². The van der Waals surface area contributed by atoms with Crippen LogP contribution in [0.4, 0.5) is 32.0 Å². The number of nitrogens with zero attached hydrogens (tertiary/aromatic N) is 1. The van der Waals surface area contributed by atoms with E-state index in [4.69, 9.17) is 5.73 Å². The number of nitrogen functional groups attached to an aromatic ring is 1. The zero-order chi connectivity index (χ0) is 16.5. The summed E-state index contributed by atoms with van der Waals surface area (Å²) >= 11 is 0. The summed E-state index contributed by atoms with van der Waals surface area (Å²) in [5.41, 5.74) is 3.34. The normalized spacial score (nSPS) is 12.3. The molecule has 2 N–H and O–H groups in total. The summed E-state index contributed by atoms with van der Waals surface area (Å²) in [6, 6.07) is 6.25. The lowest BCUT2D eigenvalue weighted by Crippen LogP contribution is -2.18. The Bertz CT molecular complexity index is 681. The minimum Gasteiger partial charge on any atom is -0.405 e. The summed E-state index contributed by atoms with van der Waals surface area (Å²) in [6.07, 6.45) is -9.74. The smallest absolute Gasteiger partial charge is 0.405 e. The first-order valence-corrected chi connectivity index (χ1v) is 5.77. The van der Waals surface area contributed by atoms with Crippen molar-refractivity contribution < 1.29 is 31.1 Å². The second-order valence-electron chi connectivity index (χ2n) is 4.18. The zero-order valence-electron chi connectivity index (χ0n) is 10.7. The van der Waals surface area contributed by atoms with E-state index in [-0.39, 0.29) is 11.3 Å². The van der Waals surface area contributed by atoms with Crippen molar-refractivity contribution in [2.24, 2.45) is 0 Å². The van der Waals surface area contributed by atoms with Gasteiger partial charge in [0.1, 0.15) is 11.4 Å². The highest BCUT2D eigenvalue weighted by Crippen LogP contribution is 2.37. The van der Waals surface area contributed by atoms with Gasteiger partial charge in [0.25, 0.3) is 0 Å². The zero-order valence-corrected chi connectivity index (χ0v) is 10.7. The minimum absolute atomic E-state index is 0.203. The van der Waals surface area contributed by atoms with Crippen molar-refractivity contribution in [3.05, 3.63) is 42.1 Å². The molecule has 2 rings (SSSR count). The molecule has 0 amide bonds. The molecule has 9 heteroatoms. The Morgan fingerprint density at radius 1 is 0.909 bits per heavy atom. The molecular weight excluding hydrogens is 314 g/mol. The van der Waals surface area contributed by atoms with E-state index in [0.29, 0.717) is 6.07 Å². The van der Waals surface area contributed by atoms with Gasteiger partial charge in [0.2, 0.25) is 0 Å². The molecule has 3 nitrogen and oxygen atoms in total. The first-order chi connectivity index (χ1) is 10.1. The number of nitrogens with two attached hydrogens (primary N) is 1. The summed E-state index contributed by atoms with van der Waals surface area (Å²) in [6.45, 7) is 0. The largest absolute Gasteiger partial charge is 0.573 e. The quantitative estimate of drug-likeness (QED) is 0.841. The highest BCUT2D eigenvalue weighted by atomic mass is 19.4. The van der Waals surface area contributed by atoms with Crippen molar-refractivity contribution in [2.75, 3.05) is 5.73 Å². The third kappa shape index (κ3) is 3.60. The number of rotatable bonds is 2. The van der Waals surface area contributed by atoms with Crippen molar-refractivity contribution in [2.45, 2.75) is 12.5 Å². The molecule has 0 unspecified atom stereocenters. The lowest BCUT2D eigenvalue weighted by molar-refractivity contribution is -0.274. The predicted octanol–water partition coefficient (Wildman–Crippen LogP) is 4.25. The average Bonchev–Trinajstić information content (AvgIpc) is 2.37. The molecule has 0 saturated carbocycles. The van der Waals surface area contributed by atoms with Gasteiger partial charge in [-0.05, 0) is 24.3 Å². The molecule has 0 atom stereocenters. The fourth-order valence-corrected chi connectivity index (χ4v) is 1.72. The first-order valence-electron chi connectivity index (χ1n) is 5.77. The molecule has 1 aromatic heterocycles. The topological polar surface area (TPSA) is 48.1 Å². The van der Waals surface area contributed by atoms with E-state index in [1.54, 1.807) is 0 Å². The molecule has 0 spiro atoms. The van der Waals surface area contributed by atoms with E-state index in [1.807, 2.05) is 0 Å². The van der Waals surface area contributed by atoms with Gasteiger partial charge in [-0.2, -0.15) is 13.2 Å². The van der Waals surface area contributed by atoms with Crippen LogP contribution in [-0.2, 0) is 6.18 Å². The van der Waals surface area contributed by atoms with Gasteiger partial charge in [-0.3, -0.25) is 0 Å². The van der Waals surface area contributed by atoms with Gasteiger partial charge >= 0.3 is 12.5 Å². The van der Waals surface area contributed by atoms with E-state index in [9.17, 15) is 26.3 Å². The van der Waals surface area contributed by atoms with Gasteiger partial charge in [0.05, 0.1) is 11.4 Å². The third-order valence-electron chi connectivity index (χ3n) is 2.58. The van der Waals surface area contributed by atoms with Gasteiger partial charge in [-0.15, -0.1) is 13.2 Å². The molecule has 22 heavy (non-hydrogen) atoms. The Hall–Kier alpha value is -2.45. The van der Waals surface area contributed by atoms with Crippen molar-refractivity contribution in [1.82, 2.24) is 4.98 Å². The predicted molar refractivity (Wildman–Crippen MR) is 65.8 cm³/mol. The van der Waals surface area contributed by atoms with Crippen LogP contribution >= 0.6 is 0 Å². The molecule has 0 aliphatic heterocycles. The fraction of sp³-hybridized carbons (Fsp3) is 0.154. The Balaban J connectivity index is 2.57. The second-order valence-corrected chi connectivity index (χ2v) is 4.18. The average molecular weight is 322 g/mol. The number of hydrogen-bond donors (Lipinski definition) is 1. The molecule has 0 fully saturated rings. The summed E-state index contributed by atoms with van der Waals surface area (Å²) in [4.78, 5) is 3.31. The highest BCUT2D eigenvalue weighted by molar-refractivity contribution is 5.77. The van der Waals surface area contributed by atoms with Crippen LogP contribution in [0.25, 0.3) is 11.3 Å². The number of halogens is 6. The van der Waals surface area contributed by atoms with Crippen LogP contribution in [0.3, 0.4) is 0 Å². The van der Waals surface area contributed by atoms with E-state index in [0.717, 1.165) is 18.2 Å². The number of anilines is 1. The number of para-hydroxylation sites is 1. The van der Waals surface area contributed by atoms with Gasteiger partial charge in [0.15, 0.2) is 0 Å². The number of alkyl halides is 6. The lowest BCUT2D eigenvalue weighted by atomic mass is 10.1. The molecule has 118 valence electrons. The van der Waals surface area contributed by atoms with Gasteiger partial charge in [-0.25, -0.2) is 4.98 Å². The maximum atomic E-state index is 12.7. The Labute approximate surface area is 120 Å². The molecular formula is C13H8F6N2O. The molecule has 0 bridgehead atoms. The molecule has 1 heterocycles. The van der Waals surface area contributed by atoms with Crippen molar-refractivity contribution in [1.29, 1.82) is 0 Å². The van der Waals surface area contributed by atoms with Crippen molar-refractivity contribution >= 4 is 5.69 Å². The van der Waals surface area contributed by atoms with Crippen LogP contribution in [0.15, 0.2) is 36.4 Å². The van der Waals surface area contributed by atoms with Crippen molar-refractivity contribution in [3.8, 4) is 17.0 Å². The van der Waals surface area contributed by atoms with Gasteiger partial charge < -0.3 is 10.5 Å². The number of pyridine rings is 1. The number of hydrogen-bond acceptors (Lipinski definition) is 3. The summed E-state index contributed by atoms with van der Waals surface area (Å²) < 4.78 is 78.9. The number of aromatic nitrogens is 1.